The fourth-order valence-corrected chi connectivity index (χ4v) is 3.57. The van der Waals surface area contributed by atoms with Crippen molar-refractivity contribution in [2.45, 2.75) is 39.5 Å². The number of nitrogens with one attached hydrogen (secondary N) is 1. The summed E-state index contributed by atoms with van der Waals surface area (Å²) in [4.78, 5) is 8.11. The molecule has 0 aliphatic rings. The van der Waals surface area contributed by atoms with E-state index in [9.17, 15) is 0 Å². The van der Waals surface area contributed by atoms with Crippen LogP contribution in [0.25, 0.3) is 16.6 Å². The highest BCUT2D eigenvalue weighted by Crippen LogP contribution is 2.33. The molecule has 2 aromatic heterocycles. The summed E-state index contributed by atoms with van der Waals surface area (Å²) in [6.07, 6.45) is 7.49. The van der Waals surface area contributed by atoms with Crippen LogP contribution in [-0.2, 0) is 5.41 Å². The number of rotatable bonds is 5. The van der Waals surface area contributed by atoms with Crippen LogP contribution in [0.4, 0.5) is 5.69 Å². The van der Waals surface area contributed by atoms with E-state index in [1.807, 2.05) is 43.3 Å². The Morgan fingerprint density at radius 3 is 2.59 bits per heavy atom. The van der Waals surface area contributed by atoms with Gasteiger partial charge in [-0.2, -0.15) is 0 Å². The van der Waals surface area contributed by atoms with Crippen LogP contribution in [0.1, 0.15) is 44.1 Å². The number of anilines is 1. The number of nitrogens with zero attached hydrogens (tertiary/aromatic N) is 1. The van der Waals surface area contributed by atoms with Gasteiger partial charge in [0.2, 0.25) is 0 Å². The minimum absolute atomic E-state index is 0.308. The minimum Gasteiger partial charge on any atom is -0.399 e. The number of fused-ring (bicyclic) bond motifs is 1. The molecule has 3 N–H and O–H groups in total. The summed E-state index contributed by atoms with van der Waals surface area (Å²) in [5.41, 5.74) is 12.5. The van der Waals surface area contributed by atoms with Gasteiger partial charge in [-0.3, -0.25) is 0 Å². The fourth-order valence-electron chi connectivity index (χ4n) is 3.17. The smallest absolute Gasteiger partial charge is 0.0886 e. The van der Waals surface area contributed by atoms with E-state index >= 15 is 0 Å². The van der Waals surface area contributed by atoms with Crippen LogP contribution in [0.5, 0.6) is 0 Å². The lowest BCUT2D eigenvalue weighted by molar-refractivity contribution is 0.647. The number of aromatic amines is 1. The molecule has 0 saturated carbocycles. The van der Waals surface area contributed by atoms with Crippen LogP contribution >= 0.6 is 11.6 Å². The molecule has 0 aliphatic carbocycles. The second-order valence-corrected chi connectivity index (χ2v) is 7.86. The van der Waals surface area contributed by atoms with Crippen molar-refractivity contribution in [3.05, 3.63) is 76.6 Å². The standard InChI is InChI=1S/C23H26ClN3/c1-5-6-16(17-7-9-18(25)10-8-17)11-12-23(3,4)22-19(24)14-21-20(27-22)13-15(2)26-21/h6-14,26H,5,25H2,1-4H3/b12-11-,16-6+. The summed E-state index contributed by atoms with van der Waals surface area (Å²) in [7, 11) is 0. The van der Waals surface area contributed by atoms with E-state index < -0.39 is 0 Å². The number of pyridine rings is 1. The highest BCUT2D eigenvalue weighted by molar-refractivity contribution is 6.32. The van der Waals surface area contributed by atoms with E-state index in [0.29, 0.717) is 5.02 Å². The van der Waals surface area contributed by atoms with Gasteiger partial charge in [0.1, 0.15) is 0 Å². The van der Waals surface area contributed by atoms with Gasteiger partial charge in [-0.25, -0.2) is 4.98 Å². The number of halogens is 1. The third-order valence-electron chi connectivity index (χ3n) is 4.65. The van der Waals surface area contributed by atoms with Crippen molar-refractivity contribution in [3.63, 3.8) is 0 Å². The number of hydrogen-bond acceptors (Lipinski definition) is 2. The average molecular weight is 380 g/mol. The van der Waals surface area contributed by atoms with Gasteiger partial charge in [0.05, 0.1) is 21.7 Å². The zero-order chi connectivity index (χ0) is 19.6. The van der Waals surface area contributed by atoms with Crippen molar-refractivity contribution in [1.29, 1.82) is 0 Å². The lowest BCUT2D eigenvalue weighted by atomic mass is 9.87. The number of H-pyrrole nitrogens is 1. The first-order chi connectivity index (χ1) is 12.8. The lowest BCUT2D eigenvalue weighted by Gasteiger charge is -2.21. The largest absolute Gasteiger partial charge is 0.399 e. The fraction of sp³-hybridized carbons (Fsp3) is 0.261. The van der Waals surface area contributed by atoms with Crippen molar-refractivity contribution in [3.8, 4) is 0 Å². The van der Waals surface area contributed by atoms with Gasteiger partial charge in [0, 0.05) is 16.8 Å². The molecule has 0 unspecified atom stereocenters. The summed E-state index contributed by atoms with van der Waals surface area (Å²) in [5, 5.41) is 0.674. The van der Waals surface area contributed by atoms with Crippen molar-refractivity contribution < 1.29 is 0 Å². The van der Waals surface area contributed by atoms with Crippen LogP contribution in [0.15, 0.2) is 54.6 Å². The molecule has 0 amide bonds. The average Bonchev–Trinajstić information content (AvgIpc) is 2.97. The van der Waals surface area contributed by atoms with E-state index in [-0.39, 0.29) is 5.41 Å². The monoisotopic (exact) mass is 379 g/mol. The summed E-state index contributed by atoms with van der Waals surface area (Å²) in [6.45, 7) is 8.43. The number of allylic oxidation sites excluding steroid dienone is 4. The molecular weight excluding hydrogens is 354 g/mol. The Labute approximate surface area is 166 Å². The van der Waals surface area contributed by atoms with Crippen molar-refractivity contribution in [1.82, 2.24) is 9.97 Å². The van der Waals surface area contributed by atoms with Crippen molar-refractivity contribution >= 4 is 33.9 Å². The maximum atomic E-state index is 6.56. The normalized spacial score (nSPS) is 13.0. The molecule has 4 heteroatoms. The van der Waals surface area contributed by atoms with Crippen LogP contribution in [-0.4, -0.2) is 9.97 Å². The highest BCUT2D eigenvalue weighted by atomic mass is 35.5. The summed E-state index contributed by atoms with van der Waals surface area (Å²) < 4.78 is 0. The molecule has 3 nitrogen and oxygen atoms in total. The van der Waals surface area contributed by atoms with E-state index in [1.165, 1.54) is 5.57 Å². The molecule has 0 bridgehead atoms. The number of hydrogen-bond donors (Lipinski definition) is 2. The first-order valence-corrected chi connectivity index (χ1v) is 9.59. The first-order valence-electron chi connectivity index (χ1n) is 9.22. The molecule has 0 atom stereocenters. The Hall–Kier alpha value is -2.52. The molecule has 1 aromatic carbocycles. The number of benzene rings is 1. The molecular formula is C23H26ClN3. The SMILES string of the molecule is CC/C=C(\C=C/C(C)(C)c1nc2cc(C)[nH]c2cc1Cl)c1ccc(N)cc1. The van der Waals surface area contributed by atoms with E-state index in [4.69, 9.17) is 22.3 Å². The quantitative estimate of drug-likeness (QED) is 0.396. The van der Waals surface area contributed by atoms with Crippen LogP contribution in [0, 0.1) is 6.92 Å². The van der Waals surface area contributed by atoms with Gasteiger partial charge < -0.3 is 10.7 Å². The maximum Gasteiger partial charge on any atom is 0.0886 e. The molecule has 0 radical (unpaired) electrons. The molecule has 140 valence electrons. The minimum atomic E-state index is -0.308. The zero-order valence-electron chi connectivity index (χ0n) is 16.3. The van der Waals surface area contributed by atoms with Crippen LogP contribution in [0.2, 0.25) is 5.02 Å². The summed E-state index contributed by atoms with van der Waals surface area (Å²) in [5.74, 6) is 0. The Morgan fingerprint density at radius 1 is 1.22 bits per heavy atom. The van der Waals surface area contributed by atoms with Crippen molar-refractivity contribution in [2.75, 3.05) is 5.73 Å². The number of nitrogens with two attached hydrogens (primary N) is 1. The van der Waals surface area contributed by atoms with Crippen LogP contribution in [0.3, 0.4) is 0 Å². The molecule has 0 spiro atoms. The van der Waals surface area contributed by atoms with Crippen LogP contribution < -0.4 is 5.73 Å². The van der Waals surface area contributed by atoms with E-state index in [1.54, 1.807) is 0 Å². The third kappa shape index (κ3) is 4.25. The second kappa shape index (κ2) is 7.61. The van der Waals surface area contributed by atoms with Crippen molar-refractivity contribution in [2.24, 2.45) is 0 Å². The van der Waals surface area contributed by atoms with Gasteiger partial charge in [-0.15, -0.1) is 0 Å². The summed E-state index contributed by atoms with van der Waals surface area (Å²) >= 11 is 6.56. The number of aromatic nitrogens is 2. The lowest BCUT2D eigenvalue weighted by Crippen LogP contribution is -2.16. The second-order valence-electron chi connectivity index (χ2n) is 7.45. The molecule has 0 saturated heterocycles. The Kier molecular flexibility index (Phi) is 5.43. The number of nitrogen functional groups attached to an aromatic ring is 1. The van der Waals surface area contributed by atoms with E-state index in [0.717, 1.165) is 40.1 Å². The Morgan fingerprint density at radius 2 is 1.93 bits per heavy atom. The van der Waals surface area contributed by atoms with Gasteiger partial charge >= 0.3 is 0 Å². The van der Waals surface area contributed by atoms with Gasteiger partial charge in [0.25, 0.3) is 0 Å². The summed E-state index contributed by atoms with van der Waals surface area (Å²) in [6, 6.07) is 12.0. The molecule has 0 fully saturated rings. The first kappa shape index (κ1) is 19.2. The molecule has 27 heavy (non-hydrogen) atoms. The molecule has 0 aliphatic heterocycles. The van der Waals surface area contributed by atoms with Gasteiger partial charge in [0.15, 0.2) is 0 Å². The van der Waals surface area contributed by atoms with Gasteiger partial charge in [-0.1, -0.05) is 62.7 Å². The third-order valence-corrected chi connectivity index (χ3v) is 4.94. The topological polar surface area (TPSA) is 54.7 Å². The number of aryl methyl sites for hydroxylation is 1. The maximum absolute atomic E-state index is 6.56. The highest BCUT2D eigenvalue weighted by Gasteiger charge is 2.23. The Balaban J connectivity index is 1.97. The molecule has 2 heterocycles. The predicted octanol–water partition coefficient (Wildman–Crippen LogP) is 6.43. The predicted molar refractivity (Wildman–Crippen MR) is 117 cm³/mol. The molecule has 3 rings (SSSR count). The van der Waals surface area contributed by atoms with Gasteiger partial charge in [-0.05, 0) is 48.7 Å². The van der Waals surface area contributed by atoms with E-state index in [2.05, 4.69) is 44.0 Å². The molecule has 3 aromatic rings. The zero-order valence-corrected chi connectivity index (χ0v) is 17.1. The Bertz CT molecular complexity index is 1010.